The average molecular weight is 610 g/mol. The Morgan fingerprint density at radius 1 is 1.09 bits per heavy atom. The number of rotatable bonds is 6. The number of halogens is 2. The normalized spacial score (nSPS) is 20.7. The van der Waals surface area contributed by atoms with Gasteiger partial charge in [-0.3, -0.25) is 10.1 Å². The summed E-state index contributed by atoms with van der Waals surface area (Å²) in [7, 11) is 3.39. The zero-order valence-corrected chi connectivity index (χ0v) is 25.8. The molecule has 4 aliphatic heterocycles. The summed E-state index contributed by atoms with van der Waals surface area (Å²) in [6.45, 7) is 5.72. The van der Waals surface area contributed by atoms with Crippen molar-refractivity contribution in [1.29, 1.82) is 5.41 Å². The molecule has 5 heterocycles. The number of likely N-dealkylation sites (tertiary alicyclic amines) is 1. The molecule has 238 valence electrons. The van der Waals surface area contributed by atoms with Gasteiger partial charge in [-0.05, 0) is 74.9 Å². The number of urea groups is 1. The lowest BCUT2D eigenvalue weighted by atomic mass is 9.92. The second kappa shape index (κ2) is 13.2. The van der Waals surface area contributed by atoms with Gasteiger partial charge in [-0.15, -0.1) is 0 Å². The molecule has 0 atom stereocenters. The SMILES string of the molecule is CNC(=O)N1CCC(NC2CCN(C3CCNCC3)CC2)=C(C(=N)N2CCCc3cc(-c4cnn(C)c4)c(C(F)F)cc32)C1. The van der Waals surface area contributed by atoms with E-state index in [2.05, 4.69) is 25.9 Å². The van der Waals surface area contributed by atoms with Crippen molar-refractivity contribution in [2.75, 3.05) is 57.8 Å². The van der Waals surface area contributed by atoms with Crippen LogP contribution in [-0.4, -0.2) is 96.4 Å². The first kappa shape index (κ1) is 30.5. The molecule has 0 radical (unpaired) electrons. The zero-order chi connectivity index (χ0) is 30.8. The summed E-state index contributed by atoms with van der Waals surface area (Å²) in [5.74, 6) is 0.281. The predicted octanol–water partition coefficient (Wildman–Crippen LogP) is 3.86. The molecule has 0 bridgehead atoms. The van der Waals surface area contributed by atoms with Gasteiger partial charge in [0.1, 0.15) is 5.84 Å². The summed E-state index contributed by atoms with van der Waals surface area (Å²) in [5, 5.41) is 23.6. The maximum Gasteiger partial charge on any atom is 0.317 e. The van der Waals surface area contributed by atoms with Crippen molar-refractivity contribution in [2.24, 2.45) is 7.05 Å². The van der Waals surface area contributed by atoms with Crippen LogP contribution in [-0.2, 0) is 13.5 Å². The van der Waals surface area contributed by atoms with Gasteiger partial charge in [0.15, 0.2) is 0 Å². The van der Waals surface area contributed by atoms with Crippen molar-refractivity contribution in [1.82, 2.24) is 35.5 Å². The molecule has 2 aromatic rings. The maximum absolute atomic E-state index is 14.4. The lowest BCUT2D eigenvalue weighted by Crippen LogP contribution is -2.51. The number of fused-ring (bicyclic) bond motifs is 1. The molecule has 1 aromatic carbocycles. The van der Waals surface area contributed by atoms with Gasteiger partial charge in [0.05, 0.1) is 12.7 Å². The number of hydrogen-bond acceptors (Lipinski definition) is 6. The summed E-state index contributed by atoms with van der Waals surface area (Å²) in [6, 6.07) is 4.21. The maximum atomic E-state index is 14.4. The minimum Gasteiger partial charge on any atom is -0.385 e. The number of anilines is 1. The van der Waals surface area contributed by atoms with Gasteiger partial charge in [-0.25, -0.2) is 13.6 Å². The van der Waals surface area contributed by atoms with E-state index in [0.717, 1.165) is 68.7 Å². The Kier molecular flexibility index (Phi) is 9.18. The van der Waals surface area contributed by atoms with Crippen molar-refractivity contribution in [3.8, 4) is 11.1 Å². The van der Waals surface area contributed by atoms with Crippen LogP contribution in [0.1, 0.15) is 56.1 Å². The quantitative estimate of drug-likeness (QED) is 0.293. The zero-order valence-electron chi connectivity index (χ0n) is 25.8. The van der Waals surface area contributed by atoms with Gasteiger partial charge in [-0.1, -0.05) is 0 Å². The Balaban J connectivity index is 1.27. The molecule has 44 heavy (non-hydrogen) atoms. The molecule has 0 saturated carbocycles. The monoisotopic (exact) mass is 609 g/mol. The molecule has 0 unspecified atom stereocenters. The number of aromatic nitrogens is 2. The van der Waals surface area contributed by atoms with Gasteiger partial charge in [0.25, 0.3) is 6.43 Å². The molecule has 4 N–H and O–H groups in total. The molecular weight excluding hydrogens is 564 g/mol. The molecule has 6 rings (SSSR count). The number of amidine groups is 1. The Morgan fingerprint density at radius 3 is 2.55 bits per heavy atom. The van der Waals surface area contributed by atoms with Crippen LogP contribution in [0.25, 0.3) is 11.1 Å². The lowest BCUT2D eigenvalue weighted by Gasteiger charge is -2.41. The number of alkyl halides is 2. The van der Waals surface area contributed by atoms with Crippen LogP contribution in [0.3, 0.4) is 0 Å². The first-order valence-corrected chi connectivity index (χ1v) is 16.0. The van der Waals surface area contributed by atoms with Crippen LogP contribution in [0.15, 0.2) is 35.8 Å². The number of nitrogens with zero attached hydrogens (tertiary/aromatic N) is 5. The van der Waals surface area contributed by atoms with Crippen LogP contribution in [0, 0.1) is 5.41 Å². The van der Waals surface area contributed by atoms with Gasteiger partial charge in [0, 0.05) is 93.1 Å². The smallest absolute Gasteiger partial charge is 0.317 e. The molecule has 4 aliphatic rings. The Labute approximate surface area is 258 Å². The topological polar surface area (TPSA) is 105 Å². The minimum absolute atomic E-state index is 0.0556. The van der Waals surface area contributed by atoms with E-state index in [9.17, 15) is 19.0 Å². The standard InChI is InChI=1S/C32H45F2N9O/c1-36-32(44)42-15-9-28(39-23-7-13-41(14-8-23)24-5-10-37-11-6-24)27(20-42)31(35)43-12-3-4-21-16-25(22-18-38-40(2)19-22)26(30(33)34)17-29(21)43/h16-19,23-24,30,35,37,39H,3-15,20H2,1-2H3,(H,36,44). The van der Waals surface area contributed by atoms with Crippen LogP contribution in [0.5, 0.6) is 0 Å². The van der Waals surface area contributed by atoms with E-state index in [1.165, 1.54) is 12.8 Å². The predicted molar refractivity (Wildman–Crippen MR) is 168 cm³/mol. The molecule has 0 aliphatic carbocycles. The largest absolute Gasteiger partial charge is 0.385 e. The summed E-state index contributed by atoms with van der Waals surface area (Å²) in [5.41, 5.74) is 4.46. The van der Waals surface area contributed by atoms with E-state index in [1.54, 1.807) is 42.1 Å². The van der Waals surface area contributed by atoms with Crippen LogP contribution >= 0.6 is 0 Å². The first-order valence-electron chi connectivity index (χ1n) is 16.0. The molecule has 2 fully saturated rings. The number of carbonyl (C=O) groups is 1. The Hall–Kier alpha value is -3.51. The third-order valence-corrected chi connectivity index (χ3v) is 9.76. The molecule has 1 aromatic heterocycles. The van der Waals surface area contributed by atoms with Crippen LogP contribution in [0.4, 0.5) is 19.3 Å². The van der Waals surface area contributed by atoms with E-state index in [4.69, 9.17) is 0 Å². The third-order valence-electron chi connectivity index (χ3n) is 9.76. The number of piperidine rings is 2. The van der Waals surface area contributed by atoms with Crippen molar-refractivity contribution in [3.63, 3.8) is 0 Å². The fourth-order valence-corrected chi connectivity index (χ4v) is 7.33. The highest BCUT2D eigenvalue weighted by Gasteiger charge is 2.33. The molecule has 12 heteroatoms. The number of nitrogens with one attached hydrogen (secondary N) is 4. The number of amides is 2. The van der Waals surface area contributed by atoms with E-state index >= 15 is 0 Å². The third kappa shape index (κ3) is 6.32. The summed E-state index contributed by atoms with van der Waals surface area (Å²) in [4.78, 5) is 18.9. The highest BCUT2D eigenvalue weighted by atomic mass is 19.3. The molecule has 10 nitrogen and oxygen atoms in total. The second-order valence-corrected chi connectivity index (χ2v) is 12.5. The fourth-order valence-electron chi connectivity index (χ4n) is 7.33. The van der Waals surface area contributed by atoms with E-state index < -0.39 is 6.43 Å². The minimum atomic E-state index is -2.67. The van der Waals surface area contributed by atoms with Crippen LogP contribution in [0.2, 0.25) is 0 Å². The highest BCUT2D eigenvalue weighted by molar-refractivity contribution is 6.09. The van der Waals surface area contributed by atoms with E-state index in [0.29, 0.717) is 55.0 Å². The van der Waals surface area contributed by atoms with Crippen LogP contribution < -0.4 is 20.9 Å². The summed E-state index contributed by atoms with van der Waals surface area (Å²) in [6.07, 6.45) is 7.37. The van der Waals surface area contributed by atoms with E-state index in [1.807, 2.05) is 11.0 Å². The molecule has 2 saturated heterocycles. The second-order valence-electron chi connectivity index (χ2n) is 12.5. The van der Waals surface area contributed by atoms with Gasteiger partial charge in [-0.2, -0.15) is 5.10 Å². The molecule has 0 spiro atoms. The number of aryl methyl sites for hydroxylation is 2. The van der Waals surface area contributed by atoms with Crippen molar-refractivity contribution in [2.45, 2.75) is 63.5 Å². The van der Waals surface area contributed by atoms with Gasteiger partial charge >= 0.3 is 6.03 Å². The molecular formula is C32H45F2N9O. The first-order chi connectivity index (χ1) is 21.3. The van der Waals surface area contributed by atoms with Crippen molar-refractivity contribution < 1.29 is 13.6 Å². The molecule has 2 amide bonds. The summed E-state index contributed by atoms with van der Waals surface area (Å²) < 4.78 is 30.5. The highest BCUT2D eigenvalue weighted by Crippen LogP contribution is 2.39. The number of benzene rings is 1. The fraction of sp³-hybridized carbons (Fsp3) is 0.594. The van der Waals surface area contributed by atoms with Gasteiger partial charge < -0.3 is 30.7 Å². The number of hydrogen-bond donors (Lipinski definition) is 4. The average Bonchev–Trinajstić information content (AvgIpc) is 3.50. The lowest BCUT2D eigenvalue weighted by molar-refractivity contribution is 0.122. The Bertz CT molecular complexity index is 1390. The number of carbonyl (C=O) groups excluding carboxylic acids is 1. The Morgan fingerprint density at radius 2 is 1.86 bits per heavy atom. The van der Waals surface area contributed by atoms with E-state index in [-0.39, 0.29) is 17.4 Å². The summed E-state index contributed by atoms with van der Waals surface area (Å²) >= 11 is 0. The van der Waals surface area contributed by atoms with Crippen molar-refractivity contribution in [3.05, 3.63) is 46.9 Å². The van der Waals surface area contributed by atoms with Crippen molar-refractivity contribution >= 4 is 17.6 Å². The van der Waals surface area contributed by atoms with Gasteiger partial charge in [0.2, 0.25) is 0 Å².